The van der Waals surface area contributed by atoms with Crippen molar-refractivity contribution in [2.75, 3.05) is 37.4 Å². The van der Waals surface area contributed by atoms with E-state index in [4.69, 9.17) is 14.7 Å². The SMILES string of the molecule is Cc1ccc(OC2CCN(c3nc4c(C(=O)N(C)C)nccc4nc3NC3CC3)CC2)c(F)c1. The van der Waals surface area contributed by atoms with Gasteiger partial charge in [-0.05, 0) is 43.5 Å². The second-order valence-corrected chi connectivity index (χ2v) is 9.28. The van der Waals surface area contributed by atoms with Crippen LogP contribution in [0.3, 0.4) is 0 Å². The van der Waals surface area contributed by atoms with Gasteiger partial charge in [0.1, 0.15) is 11.6 Å². The number of hydrogen-bond acceptors (Lipinski definition) is 7. The van der Waals surface area contributed by atoms with Crippen LogP contribution < -0.4 is 15.0 Å². The first-order valence-electron chi connectivity index (χ1n) is 11.7. The van der Waals surface area contributed by atoms with Crippen LogP contribution in [0.15, 0.2) is 30.5 Å². The molecule has 0 unspecified atom stereocenters. The third kappa shape index (κ3) is 4.60. The first kappa shape index (κ1) is 22.3. The molecule has 2 aliphatic rings. The summed E-state index contributed by atoms with van der Waals surface area (Å²) in [7, 11) is 3.39. The summed E-state index contributed by atoms with van der Waals surface area (Å²) in [4.78, 5) is 30.4. The Morgan fingerprint density at radius 1 is 1.15 bits per heavy atom. The van der Waals surface area contributed by atoms with Crippen molar-refractivity contribution in [1.29, 1.82) is 0 Å². The number of nitrogens with zero attached hydrogens (tertiary/aromatic N) is 5. The van der Waals surface area contributed by atoms with E-state index in [9.17, 15) is 9.18 Å². The zero-order chi connectivity index (χ0) is 23.8. The lowest BCUT2D eigenvalue weighted by atomic mass is 10.1. The molecule has 0 radical (unpaired) electrons. The number of carbonyl (C=O) groups excluding carboxylic acids is 1. The first-order valence-corrected chi connectivity index (χ1v) is 11.7. The van der Waals surface area contributed by atoms with Crippen molar-refractivity contribution < 1.29 is 13.9 Å². The predicted octanol–water partition coefficient (Wildman–Crippen LogP) is 3.80. The van der Waals surface area contributed by atoms with Crippen molar-refractivity contribution in [2.24, 2.45) is 0 Å². The van der Waals surface area contributed by atoms with Gasteiger partial charge < -0.3 is 19.9 Å². The van der Waals surface area contributed by atoms with Crippen molar-refractivity contribution in [2.45, 2.75) is 44.8 Å². The normalized spacial score (nSPS) is 16.5. The van der Waals surface area contributed by atoms with E-state index >= 15 is 0 Å². The molecule has 0 bridgehead atoms. The lowest BCUT2D eigenvalue weighted by Crippen LogP contribution is -2.39. The van der Waals surface area contributed by atoms with Crippen molar-refractivity contribution in [3.05, 3.63) is 47.5 Å². The maximum Gasteiger partial charge on any atom is 0.274 e. The molecule has 0 spiro atoms. The standard InChI is InChI=1S/C25H29FN6O2/c1-15-4-7-20(18(26)14-15)34-17-9-12-32(13-10-17)24-23(28-16-5-6-16)29-19-8-11-27-22(21(19)30-24)25(33)31(2)3/h4,7-8,11,14,16-17H,5-6,9-10,12-13H2,1-3H3,(H,28,29). The Bertz CT molecular complexity index is 1220. The minimum Gasteiger partial charge on any atom is -0.487 e. The Balaban J connectivity index is 1.40. The summed E-state index contributed by atoms with van der Waals surface area (Å²) in [5.41, 5.74) is 2.30. The lowest BCUT2D eigenvalue weighted by molar-refractivity contribution is 0.0824. The monoisotopic (exact) mass is 464 g/mol. The Morgan fingerprint density at radius 2 is 1.91 bits per heavy atom. The molecule has 2 fully saturated rings. The molecule has 2 aromatic heterocycles. The highest BCUT2D eigenvalue weighted by atomic mass is 19.1. The van der Waals surface area contributed by atoms with Crippen LogP contribution in [0.1, 0.15) is 41.7 Å². The lowest BCUT2D eigenvalue weighted by Gasteiger charge is -2.34. The van der Waals surface area contributed by atoms with Crippen LogP contribution in [-0.2, 0) is 0 Å². The molecule has 1 saturated carbocycles. The number of ether oxygens (including phenoxy) is 1. The number of pyridine rings is 1. The van der Waals surface area contributed by atoms with E-state index in [2.05, 4.69) is 15.2 Å². The van der Waals surface area contributed by atoms with Crippen molar-refractivity contribution >= 4 is 28.6 Å². The quantitative estimate of drug-likeness (QED) is 0.594. The number of anilines is 2. The first-order chi connectivity index (χ1) is 16.4. The third-order valence-electron chi connectivity index (χ3n) is 6.21. The fraction of sp³-hybridized carbons (Fsp3) is 0.440. The molecule has 1 N–H and O–H groups in total. The molecular formula is C25H29FN6O2. The van der Waals surface area contributed by atoms with Crippen LogP contribution in [0.5, 0.6) is 5.75 Å². The molecule has 34 heavy (non-hydrogen) atoms. The minimum absolute atomic E-state index is 0.0748. The summed E-state index contributed by atoms with van der Waals surface area (Å²) >= 11 is 0. The molecule has 8 nitrogen and oxygen atoms in total. The van der Waals surface area contributed by atoms with E-state index in [0.29, 0.717) is 41.6 Å². The fourth-order valence-electron chi connectivity index (χ4n) is 4.15. The van der Waals surface area contributed by atoms with Gasteiger partial charge >= 0.3 is 0 Å². The Morgan fingerprint density at radius 3 is 2.59 bits per heavy atom. The number of fused-ring (bicyclic) bond motifs is 1. The van der Waals surface area contributed by atoms with Gasteiger partial charge in [0.05, 0.1) is 5.52 Å². The molecule has 178 valence electrons. The Labute approximate surface area is 198 Å². The number of aryl methyl sites for hydroxylation is 1. The van der Waals surface area contributed by atoms with Crippen LogP contribution in [0.25, 0.3) is 11.0 Å². The molecule has 1 saturated heterocycles. The molecule has 1 amide bonds. The molecule has 3 heterocycles. The van der Waals surface area contributed by atoms with Crippen molar-refractivity contribution in [3.8, 4) is 5.75 Å². The molecular weight excluding hydrogens is 435 g/mol. The van der Waals surface area contributed by atoms with E-state index < -0.39 is 0 Å². The number of aromatic nitrogens is 3. The van der Waals surface area contributed by atoms with Crippen molar-refractivity contribution in [3.63, 3.8) is 0 Å². The number of benzene rings is 1. The third-order valence-corrected chi connectivity index (χ3v) is 6.21. The van der Waals surface area contributed by atoms with Crippen LogP contribution in [0.2, 0.25) is 0 Å². The number of carbonyl (C=O) groups is 1. The summed E-state index contributed by atoms with van der Waals surface area (Å²) in [6, 6.07) is 7.23. The molecule has 0 atom stereocenters. The van der Waals surface area contributed by atoms with Gasteiger partial charge in [0.25, 0.3) is 5.91 Å². The largest absolute Gasteiger partial charge is 0.487 e. The number of hydrogen-bond donors (Lipinski definition) is 1. The maximum absolute atomic E-state index is 14.2. The van der Waals surface area contributed by atoms with Crippen LogP contribution in [-0.4, -0.2) is 65.1 Å². The number of piperidine rings is 1. The van der Waals surface area contributed by atoms with E-state index in [1.54, 1.807) is 32.4 Å². The van der Waals surface area contributed by atoms with Gasteiger partial charge in [-0.1, -0.05) is 6.07 Å². The van der Waals surface area contributed by atoms with Gasteiger partial charge in [-0.2, -0.15) is 0 Å². The second-order valence-electron chi connectivity index (χ2n) is 9.28. The zero-order valence-corrected chi connectivity index (χ0v) is 19.7. The van der Waals surface area contributed by atoms with E-state index in [1.165, 1.54) is 11.0 Å². The number of rotatable bonds is 6. The highest BCUT2D eigenvalue weighted by Gasteiger charge is 2.29. The minimum atomic E-state index is -0.329. The highest BCUT2D eigenvalue weighted by molar-refractivity contribution is 6.03. The van der Waals surface area contributed by atoms with Gasteiger partial charge in [-0.25, -0.2) is 19.3 Å². The number of nitrogens with one attached hydrogen (secondary N) is 1. The molecule has 3 aromatic rings. The van der Waals surface area contributed by atoms with Crippen LogP contribution in [0, 0.1) is 12.7 Å². The summed E-state index contributed by atoms with van der Waals surface area (Å²) in [5.74, 6) is 1.21. The predicted molar refractivity (Wildman–Crippen MR) is 129 cm³/mol. The van der Waals surface area contributed by atoms with E-state index in [-0.39, 0.29) is 17.8 Å². The van der Waals surface area contributed by atoms with E-state index in [1.807, 2.05) is 13.0 Å². The van der Waals surface area contributed by atoms with Gasteiger partial charge in [-0.15, -0.1) is 0 Å². The van der Waals surface area contributed by atoms with Gasteiger partial charge in [0.15, 0.2) is 28.9 Å². The average Bonchev–Trinajstić information content (AvgIpc) is 3.64. The molecule has 1 aliphatic heterocycles. The van der Waals surface area contributed by atoms with Crippen molar-refractivity contribution in [1.82, 2.24) is 19.9 Å². The smallest absolute Gasteiger partial charge is 0.274 e. The van der Waals surface area contributed by atoms with Crippen LogP contribution in [0.4, 0.5) is 16.0 Å². The maximum atomic E-state index is 14.2. The Hall–Kier alpha value is -3.49. The molecule has 5 rings (SSSR count). The average molecular weight is 465 g/mol. The van der Waals surface area contributed by atoms with Crippen LogP contribution >= 0.6 is 0 Å². The summed E-state index contributed by atoms with van der Waals surface area (Å²) < 4.78 is 20.2. The summed E-state index contributed by atoms with van der Waals surface area (Å²) in [6.07, 6.45) is 5.20. The Kier molecular flexibility index (Phi) is 5.93. The number of amides is 1. The second kappa shape index (κ2) is 9.04. The summed E-state index contributed by atoms with van der Waals surface area (Å²) in [5, 5.41) is 3.50. The van der Waals surface area contributed by atoms with Gasteiger partial charge in [0, 0.05) is 52.3 Å². The fourth-order valence-corrected chi connectivity index (χ4v) is 4.15. The zero-order valence-electron chi connectivity index (χ0n) is 19.7. The topological polar surface area (TPSA) is 83.5 Å². The van der Waals surface area contributed by atoms with E-state index in [0.717, 1.165) is 42.9 Å². The van der Waals surface area contributed by atoms with Gasteiger partial charge in [-0.3, -0.25) is 4.79 Å². The number of halogens is 1. The molecule has 9 heteroatoms. The molecule has 1 aliphatic carbocycles. The molecule has 1 aromatic carbocycles. The van der Waals surface area contributed by atoms with Gasteiger partial charge in [0.2, 0.25) is 0 Å². The highest BCUT2D eigenvalue weighted by Crippen LogP contribution is 2.33. The summed E-state index contributed by atoms with van der Waals surface area (Å²) in [6.45, 7) is 3.24.